The molecule has 1 amide bonds. The zero-order valence-corrected chi connectivity index (χ0v) is 20.3. The Hall–Kier alpha value is -4.36. The number of benzene rings is 3. The molecular weight excluding hydrogens is 468 g/mol. The number of nitrogens with zero attached hydrogens (tertiary/aromatic N) is 2. The van der Waals surface area contributed by atoms with Crippen LogP contribution in [-0.4, -0.2) is 23.0 Å². The van der Waals surface area contributed by atoms with Crippen LogP contribution < -0.4 is 14.8 Å². The zero-order valence-electron chi connectivity index (χ0n) is 19.5. The second kappa shape index (κ2) is 9.36. The van der Waals surface area contributed by atoms with Crippen LogP contribution >= 0.6 is 11.9 Å². The van der Waals surface area contributed by atoms with Crippen molar-refractivity contribution in [1.82, 2.24) is 15.3 Å². The Balaban J connectivity index is 1.54. The fourth-order valence-electron chi connectivity index (χ4n) is 4.37. The van der Waals surface area contributed by atoms with Gasteiger partial charge in [0.05, 0.1) is 12.6 Å². The number of fused-ring (bicyclic) bond motifs is 9. The number of hydrogen-bond donors (Lipinski definition) is 2. The molecular formula is C29H22N4O2S. The largest absolute Gasteiger partial charge is 0.480 e. The van der Waals surface area contributed by atoms with Gasteiger partial charge in [-0.15, -0.1) is 0 Å². The Morgan fingerprint density at radius 2 is 1.75 bits per heavy atom. The highest BCUT2D eigenvalue weighted by Gasteiger charge is 2.13. The number of methoxy groups -OCH3 is 1. The predicted molar refractivity (Wildman–Crippen MR) is 144 cm³/mol. The molecule has 36 heavy (non-hydrogen) atoms. The fraction of sp³-hybridized carbons (Fsp3) is 0.0690. The van der Waals surface area contributed by atoms with Crippen molar-refractivity contribution in [3.63, 3.8) is 0 Å². The van der Waals surface area contributed by atoms with Gasteiger partial charge >= 0.3 is 0 Å². The molecule has 7 heteroatoms. The molecule has 3 aromatic carbocycles. The topological polar surface area (TPSA) is 76.1 Å². The third-order valence-corrected chi connectivity index (χ3v) is 7.00. The highest BCUT2D eigenvalue weighted by Crippen LogP contribution is 2.35. The highest BCUT2D eigenvalue weighted by molar-refractivity contribution is 8.00. The van der Waals surface area contributed by atoms with Crippen LogP contribution in [0.5, 0.6) is 5.88 Å². The molecule has 1 aliphatic heterocycles. The van der Waals surface area contributed by atoms with Crippen LogP contribution in [0.1, 0.15) is 15.9 Å². The van der Waals surface area contributed by atoms with E-state index in [1.807, 2.05) is 67.0 Å². The lowest BCUT2D eigenvalue weighted by Gasteiger charge is -2.14. The van der Waals surface area contributed by atoms with Gasteiger partial charge in [0.25, 0.3) is 5.91 Å². The van der Waals surface area contributed by atoms with E-state index in [9.17, 15) is 4.79 Å². The van der Waals surface area contributed by atoms with Crippen molar-refractivity contribution in [3.05, 3.63) is 102 Å². The second-order valence-corrected chi connectivity index (χ2v) is 9.37. The standard InChI is InChI=1S/C29H22N4O2S/c1-35-29-27-15-22(17-32-29)19-8-9-26-25(14-19)24(10-11-30-26)20-5-2-4-18(12-20)16-31-28(34)21-6-3-7-23(13-21)36-33-27/h2-15,17,33H,16H2,1H3,(H,31,34). The summed E-state index contributed by atoms with van der Waals surface area (Å²) in [4.78, 5) is 22.9. The van der Waals surface area contributed by atoms with Crippen LogP contribution in [0.2, 0.25) is 0 Å². The summed E-state index contributed by atoms with van der Waals surface area (Å²) in [6.07, 6.45) is 3.65. The Morgan fingerprint density at radius 1 is 0.861 bits per heavy atom. The summed E-state index contributed by atoms with van der Waals surface area (Å²) in [5.41, 5.74) is 7.43. The van der Waals surface area contributed by atoms with E-state index in [0.717, 1.165) is 49.3 Å². The third kappa shape index (κ3) is 4.25. The summed E-state index contributed by atoms with van der Waals surface area (Å²) in [5, 5.41) is 4.09. The Bertz CT molecular complexity index is 1620. The normalized spacial score (nSPS) is 12.9. The number of rotatable bonds is 1. The lowest BCUT2D eigenvalue weighted by molar-refractivity contribution is 0.0950. The van der Waals surface area contributed by atoms with Crippen molar-refractivity contribution in [2.75, 3.05) is 11.8 Å². The van der Waals surface area contributed by atoms with E-state index in [1.54, 1.807) is 7.11 Å². The maximum atomic E-state index is 12.9. The number of carbonyl (C=O) groups is 1. The number of anilines is 1. The van der Waals surface area contributed by atoms with E-state index < -0.39 is 0 Å². The molecule has 2 N–H and O–H groups in total. The number of ether oxygens (including phenoxy) is 1. The first kappa shape index (κ1) is 22.1. The summed E-state index contributed by atoms with van der Waals surface area (Å²) in [7, 11) is 1.60. The molecule has 0 atom stereocenters. The van der Waals surface area contributed by atoms with Crippen molar-refractivity contribution in [2.45, 2.75) is 11.4 Å². The molecule has 176 valence electrons. The molecule has 6 rings (SSSR count). The van der Waals surface area contributed by atoms with Crippen LogP contribution in [0.15, 0.2) is 96.2 Å². The van der Waals surface area contributed by atoms with Gasteiger partial charge < -0.3 is 14.8 Å². The van der Waals surface area contributed by atoms with E-state index in [-0.39, 0.29) is 5.91 Å². The second-order valence-electron chi connectivity index (χ2n) is 8.49. The van der Waals surface area contributed by atoms with Gasteiger partial charge in [0, 0.05) is 40.3 Å². The minimum Gasteiger partial charge on any atom is -0.480 e. The molecule has 0 saturated carbocycles. The summed E-state index contributed by atoms with van der Waals surface area (Å²) in [6, 6.07) is 26.1. The van der Waals surface area contributed by atoms with Crippen molar-refractivity contribution in [3.8, 4) is 28.1 Å². The molecule has 0 aliphatic carbocycles. The summed E-state index contributed by atoms with van der Waals surface area (Å²) in [6.45, 7) is 0.435. The molecule has 0 saturated heterocycles. The summed E-state index contributed by atoms with van der Waals surface area (Å²) in [5.74, 6) is 0.374. The average Bonchev–Trinajstić information content (AvgIpc) is 2.94. The maximum Gasteiger partial charge on any atom is 0.251 e. The van der Waals surface area contributed by atoms with Gasteiger partial charge in [0.2, 0.25) is 5.88 Å². The predicted octanol–water partition coefficient (Wildman–Crippen LogP) is 6.34. The average molecular weight is 491 g/mol. The monoisotopic (exact) mass is 490 g/mol. The number of aromatic nitrogens is 2. The molecule has 0 unspecified atom stereocenters. The Kier molecular flexibility index (Phi) is 5.75. The molecule has 8 bridgehead atoms. The molecule has 5 aromatic rings. The van der Waals surface area contributed by atoms with Gasteiger partial charge in [0.15, 0.2) is 0 Å². The molecule has 3 heterocycles. The Labute approximate surface area is 212 Å². The van der Waals surface area contributed by atoms with Crippen molar-refractivity contribution < 1.29 is 9.53 Å². The summed E-state index contributed by atoms with van der Waals surface area (Å²) >= 11 is 1.40. The lowest BCUT2D eigenvalue weighted by atomic mass is 9.97. The zero-order chi connectivity index (χ0) is 24.5. The van der Waals surface area contributed by atoms with E-state index in [1.165, 1.54) is 11.9 Å². The molecule has 1 aliphatic rings. The summed E-state index contributed by atoms with van der Waals surface area (Å²) < 4.78 is 8.85. The van der Waals surface area contributed by atoms with Crippen LogP contribution in [0.25, 0.3) is 33.2 Å². The number of pyridine rings is 2. The van der Waals surface area contributed by atoms with Crippen LogP contribution in [-0.2, 0) is 6.54 Å². The van der Waals surface area contributed by atoms with Gasteiger partial charge in [-0.2, -0.15) is 0 Å². The molecule has 0 fully saturated rings. The van der Waals surface area contributed by atoms with Crippen molar-refractivity contribution >= 4 is 34.4 Å². The Morgan fingerprint density at radius 3 is 2.67 bits per heavy atom. The molecule has 6 nitrogen and oxygen atoms in total. The van der Waals surface area contributed by atoms with Gasteiger partial charge in [-0.25, -0.2) is 4.98 Å². The first-order valence-corrected chi connectivity index (χ1v) is 12.3. The molecule has 0 spiro atoms. The SMILES string of the molecule is COc1ncc2cc1NSc1cccc(c1)C(=O)NCc1cccc(c1)-c1ccnc3ccc-2cc13. The minimum absolute atomic E-state index is 0.121. The highest BCUT2D eigenvalue weighted by atomic mass is 32.2. The van der Waals surface area contributed by atoms with E-state index in [0.29, 0.717) is 18.0 Å². The van der Waals surface area contributed by atoms with Crippen LogP contribution in [0, 0.1) is 0 Å². The number of nitrogens with one attached hydrogen (secondary N) is 2. The first-order valence-electron chi connectivity index (χ1n) is 11.5. The van der Waals surface area contributed by atoms with Crippen LogP contribution in [0.3, 0.4) is 0 Å². The molecule has 0 radical (unpaired) electrons. The van der Waals surface area contributed by atoms with E-state index in [4.69, 9.17) is 4.74 Å². The maximum absolute atomic E-state index is 12.9. The number of carbonyl (C=O) groups excluding carboxylic acids is 1. The molecule has 2 aromatic heterocycles. The number of amides is 1. The van der Waals surface area contributed by atoms with Gasteiger partial charge in [-0.05, 0) is 82.7 Å². The quantitative estimate of drug-likeness (QED) is 0.267. The smallest absolute Gasteiger partial charge is 0.251 e. The number of hydrogen-bond acceptors (Lipinski definition) is 6. The first-order chi connectivity index (χ1) is 17.7. The van der Waals surface area contributed by atoms with E-state index >= 15 is 0 Å². The third-order valence-electron chi connectivity index (χ3n) is 6.19. The van der Waals surface area contributed by atoms with Crippen LogP contribution in [0.4, 0.5) is 5.69 Å². The van der Waals surface area contributed by atoms with Crippen molar-refractivity contribution in [1.29, 1.82) is 0 Å². The van der Waals surface area contributed by atoms with Gasteiger partial charge in [-0.3, -0.25) is 9.78 Å². The van der Waals surface area contributed by atoms with Crippen molar-refractivity contribution in [2.24, 2.45) is 0 Å². The minimum atomic E-state index is -0.121. The lowest BCUT2D eigenvalue weighted by Crippen LogP contribution is -2.22. The van der Waals surface area contributed by atoms with E-state index in [2.05, 4.69) is 44.3 Å². The van der Waals surface area contributed by atoms with Gasteiger partial charge in [0.1, 0.15) is 5.69 Å². The van der Waals surface area contributed by atoms with Gasteiger partial charge in [-0.1, -0.05) is 30.3 Å². The fourth-order valence-corrected chi connectivity index (χ4v) is 5.08.